The number of nitrogens with two attached hydrogens (primary N) is 1. The van der Waals surface area contributed by atoms with Gasteiger partial charge in [-0.2, -0.15) is 4.98 Å². The predicted molar refractivity (Wildman–Crippen MR) is 108 cm³/mol. The molecule has 0 atom stereocenters. The van der Waals surface area contributed by atoms with E-state index in [1.807, 2.05) is 4.93 Å². The number of halogens is 1. The summed E-state index contributed by atoms with van der Waals surface area (Å²) in [7, 11) is 1.69. The summed E-state index contributed by atoms with van der Waals surface area (Å²) >= 11 is 3.90. The number of nitrogens with zero attached hydrogens (tertiary/aromatic N) is 2. The van der Waals surface area contributed by atoms with E-state index in [0.717, 1.165) is 25.9 Å². The highest BCUT2D eigenvalue weighted by molar-refractivity contribution is 14.1. The third-order valence-electron chi connectivity index (χ3n) is 2.87. The van der Waals surface area contributed by atoms with Gasteiger partial charge < -0.3 is 21.1 Å². The molecule has 2 heterocycles. The van der Waals surface area contributed by atoms with Crippen molar-refractivity contribution in [3.8, 4) is 0 Å². The third-order valence-corrected chi connectivity index (χ3v) is 3.81. The second-order valence-corrected chi connectivity index (χ2v) is 5.56. The maximum Gasteiger partial charge on any atom is 0.224 e. The number of hydrogen-bond acceptors (Lipinski definition) is 7. The standard InChI is InChI=1S/C14H21N5OS.CH3I/c1-20-8-3-6-16-13-12(15)10-18-14(19-13)17-7-5-11-4-2-9-21-11;1-2/h2,4,9-10H,3,5-8,15H2,1H3,(H2,16,17,18,19);1H3. The summed E-state index contributed by atoms with van der Waals surface area (Å²) in [5.74, 6) is 1.26. The van der Waals surface area contributed by atoms with E-state index in [1.165, 1.54) is 4.88 Å². The maximum absolute atomic E-state index is 5.87. The van der Waals surface area contributed by atoms with Gasteiger partial charge in [0.15, 0.2) is 5.82 Å². The molecule has 4 N–H and O–H groups in total. The summed E-state index contributed by atoms with van der Waals surface area (Å²) in [6, 6.07) is 4.18. The minimum absolute atomic E-state index is 0.552. The van der Waals surface area contributed by atoms with Gasteiger partial charge >= 0.3 is 0 Å². The lowest BCUT2D eigenvalue weighted by Gasteiger charge is -2.10. The maximum atomic E-state index is 5.87. The molecule has 0 aliphatic carbocycles. The average molecular weight is 449 g/mol. The molecule has 0 amide bonds. The van der Waals surface area contributed by atoms with E-state index in [-0.39, 0.29) is 0 Å². The first-order valence-electron chi connectivity index (χ1n) is 7.29. The Morgan fingerprint density at radius 3 is 2.83 bits per heavy atom. The molecule has 8 heteroatoms. The molecule has 0 aliphatic heterocycles. The van der Waals surface area contributed by atoms with Crippen molar-refractivity contribution in [2.24, 2.45) is 0 Å². The van der Waals surface area contributed by atoms with Crippen molar-refractivity contribution in [3.63, 3.8) is 0 Å². The molecule has 0 saturated carbocycles. The SMILES string of the molecule is CI.COCCCNc1nc(NCCc2cccs2)ncc1N. The molecule has 2 aromatic rings. The molecule has 2 rings (SSSR count). The Morgan fingerprint density at radius 1 is 1.30 bits per heavy atom. The van der Waals surface area contributed by atoms with Gasteiger partial charge in [0.2, 0.25) is 5.95 Å². The van der Waals surface area contributed by atoms with Crippen LogP contribution < -0.4 is 16.4 Å². The van der Waals surface area contributed by atoms with E-state index in [4.69, 9.17) is 10.5 Å². The van der Waals surface area contributed by atoms with Crippen LogP contribution in [0, 0.1) is 0 Å². The fourth-order valence-corrected chi connectivity index (χ4v) is 2.50. The van der Waals surface area contributed by atoms with E-state index in [9.17, 15) is 0 Å². The Hall–Kier alpha value is -1.13. The summed E-state index contributed by atoms with van der Waals surface area (Å²) < 4.78 is 5.01. The molecule has 0 saturated heterocycles. The molecule has 0 aromatic carbocycles. The summed E-state index contributed by atoms with van der Waals surface area (Å²) in [6.45, 7) is 2.28. The smallest absolute Gasteiger partial charge is 0.224 e. The van der Waals surface area contributed by atoms with Gasteiger partial charge in [0, 0.05) is 31.7 Å². The van der Waals surface area contributed by atoms with Crippen LogP contribution >= 0.6 is 33.9 Å². The molecule has 0 aliphatic rings. The van der Waals surface area contributed by atoms with Crippen molar-refractivity contribution >= 4 is 51.4 Å². The number of ether oxygens (including phenoxy) is 1. The highest BCUT2D eigenvalue weighted by atomic mass is 127. The van der Waals surface area contributed by atoms with Crippen LogP contribution in [0.25, 0.3) is 0 Å². The Balaban J connectivity index is 0.00000127. The molecular weight excluding hydrogens is 425 g/mol. The van der Waals surface area contributed by atoms with E-state index in [1.54, 1.807) is 24.6 Å². The number of alkyl halides is 1. The van der Waals surface area contributed by atoms with E-state index in [0.29, 0.717) is 24.1 Å². The highest BCUT2D eigenvalue weighted by Gasteiger charge is 2.04. The van der Waals surface area contributed by atoms with Crippen molar-refractivity contribution in [1.29, 1.82) is 0 Å². The van der Waals surface area contributed by atoms with Crippen LogP contribution in [0.1, 0.15) is 11.3 Å². The first-order chi connectivity index (χ1) is 11.3. The van der Waals surface area contributed by atoms with Gasteiger partial charge in [0.05, 0.1) is 11.9 Å². The summed E-state index contributed by atoms with van der Waals surface area (Å²) in [5, 5.41) is 8.49. The number of hydrogen-bond donors (Lipinski definition) is 3. The van der Waals surface area contributed by atoms with E-state index in [2.05, 4.69) is 60.7 Å². The zero-order valence-electron chi connectivity index (χ0n) is 13.5. The number of rotatable bonds is 9. The Labute approximate surface area is 155 Å². The van der Waals surface area contributed by atoms with Crippen LogP contribution in [-0.2, 0) is 11.2 Å². The number of thiophene rings is 1. The predicted octanol–water partition coefficient (Wildman–Crippen LogP) is 3.27. The van der Waals surface area contributed by atoms with Crippen LogP contribution in [0.2, 0.25) is 0 Å². The Bertz CT molecular complexity index is 539. The normalized spacial score (nSPS) is 9.87. The van der Waals surface area contributed by atoms with Gasteiger partial charge in [-0.1, -0.05) is 28.7 Å². The number of nitrogen functional groups attached to an aromatic ring is 1. The number of methoxy groups -OCH3 is 1. The van der Waals surface area contributed by atoms with Crippen molar-refractivity contribution in [1.82, 2.24) is 9.97 Å². The molecule has 2 aromatic heterocycles. The molecule has 6 nitrogen and oxygen atoms in total. The third kappa shape index (κ3) is 7.80. The van der Waals surface area contributed by atoms with Crippen LogP contribution in [0.15, 0.2) is 23.7 Å². The zero-order valence-corrected chi connectivity index (χ0v) is 16.5. The first kappa shape index (κ1) is 19.9. The second-order valence-electron chi connectivity index (χ2n) is 4.53. The molecule has 0 bridgehead atoms. The van der Waals surface area contributed by atoms with Gasteiger partial charge in [-0.05, 0) is 29.2 Å². The molecule has 0 fully saturated rings. The fourth-order valence-electron chi connectivity index (χ4n) is 1.79. The molecule has 128 valence electrons. The highest BCUT2D eigenvalue weighted by Crippen LogP contribution is 2.16. The summed E-state index contributed by atoms with van der Waals surface area (Å²) in [6.07, 6.45) is 3.49. The first-order valence-corrected chi connectivity index (χ1v) is 10.3. The summed E-state index contributed by atoms with van der Waals surface area (Å²) in [5.41, 5.74) is 6.42. The van der Waals surface area contributed by atoms with Crippen LogP contribution in [0.3, 0.4) is 0 Å². The monoisotopic (exact) mass is 449 g/mol. The molecule has 0 unspecified atom stereocenters. The topological polar surface area (TPSA) is 85.1 Å². The second kappa shape index (κ2) is 12.3. The number of aromatic nitrogens is 2. The average Bonchev–Trinajstić information content (AvgIpc) is 3.09. The largest absolute Gasteiger partial charge is 0.394 e. The van der Waals surface area contributed by atoms with Crippen molar-refractivity contribution in [2.45, 2.75) is 12.8 Å². The van der Waals surface area contributed by atoms with E-state index < -0.39 is 0 Å². The lowest BCUT2D eigenvalue weighted by atomic mass is 10.3. The van der Waals surface area contributed by atoms with Crippen molar-refractivity contribution in [2.75, 3.05) is 48.1 Å². The Kier molecular flexibility index (Phi) is 10.7. The number of nitrogens with one attached hydrogen (secondary N) is 2. The number of anilines is 3. The van der Waals surface area contributed by atoms with E-state index >= 15 is 0 Å². The van der Waals surface area contributed by atoms with Crippen LogP contribution in [-0.4, -0.2) is 41.7 Å². The molecule has 0 spiro atoms. The van der Waals surface area contributed by atoms with Crippen LogP contribution in [0.4, 0.5) is 17.5 Å². The minimum atomic E-state index is 0.552. The zero-order chi connectivity index (χ0) is 16.9. The molecular formula is C15H24IN5OS. The van der Waals surface area contributed by atoms with Crippen molar-refractivity contribution < 1.29 is 4.74 Å². The van der Waals surface area contributed by atoms with Gasteiger partial charge in [-0.15, -0.1) is 11.3 Å². The van der Waals surface area contributed by atoms with Crippen molar-refractivity contribution in [3.05, 3.63) is 28.6 Å². The molecule has 23 heavy (non-hydrogen) atoms. The fraction of sp³-hybridized carbons (Fsp3) is 0.467. The van der Waals surface area contributed by atoms with Gasteiger partial charge in [0.25, 0.3) is 0 Å². The minimum Gasteiger partial charge on any atom is -0.394 e. The van der Waals surface area contributed by atoms with Crippen LogP contribution in [0.5, 0.6) is 0 Å². The van der Waals surface area contributed by atoms with Gasteiger partial charge in [-0.3, -0.25) is 0 Å². The van der Waals surface area contributed by atoms with Gasteiger partial charge in [0.1, 0.15) is 0 Å². The summed E-state index contributed by atoms with van der Waals surface area (Å²) in [4.78, 5) is 11.9. The quantitative estimate of drug-likeness (QED) is 0.310. The molecule has 0 radical (unpaired) electrons. The lowest BCUT2D eigenvalue weighted by Crippen LogP contribution is -2.12. The van der Waals surface area contributed by atoms with Gasteiger partial charge in [-0.25, -0.2) is 4.98 Å². The lowest BCUT2D eigenvalue weighted by molar-refractivity contribution is 0.198. The Morgan fingerprint density at radius 2 is 2.13 bits per heavy atom.